The van der Waals surface area contributed by atoms with Crippen LogP contribution in [0.5, 0.6) is 5.75 Å². The highest BCUT2D eigenvalue weighted by atomic mass is 32.1. The maximum Gasteiger partial charge on any atom is 0.268 e. The molecule has 0 radical (unpaired) electrons. The summed E-state index contributed by atoms with van der Waals surface area (Å²) in [6.07, 6.45) is 5.62. The zero-order valence-electron chi connectivity index (χ0n) is 15.7. The standard InChI is InChI=1S/C23H19N3O2S/c1-2-12-28-21-11-7-6-10-18(21)14-19(15-24)22(27)26-23-25-16-20(29-23)13-17-8-4-3-5-9-17/h2-11,14,16H,1,12-13H2,(H,25,26,27)/b19-14-. The average Bonchev–Trinajstić information content (AvgIpc) is 3.18. The number of carbonyl (C=O) groups excluding carboxylic acids is 1. The molecule has 0 saturated heterocycles. The van der Waals surface area contributed by atoms with Crippen LogP contribution in [0, 0.1) is 11.3 Å². The number of carbonyl (C=O) groups is 1. The molecular formula is C23H19N3O2S. The predicted molar refractivity (Wildman–Crippen MR) is 116 cm³/mol. The van der Waals surface area contributed by atoms with Crippen LogP contribution >= 0.6 is 11.3 Å². The summed E-state index contributed by atoms with van der Waals surface area (Å²) in [4.78, 5) is 17.8. The number of nitrogens with zero attached hydrogens (tertiary/aromatic N) is 2. The van der Waals surface area contributed by atoms with Crippen molar-refractivity contribution in [3.8, 4) is 11.8 Å². The minimum atomic E-state index is -0.508. The number of para-hydroxylation sites is 1. The van der Waals surface area contributed by atoms with Crippen LogP contribution in [0.25, 0.3) is 6.08 Å². The highest BCUT2D eigenvalue weighted by Gasteiger charge is 2.13. The van der Waals surface area contributed by atoms with E-state index in [4.69, 9.17) is 4.74 Å². The lowest BCUT2D eigenvalue weighted by atomic mass is 10.1. The van der Waals surface area contributed by atoms with Gasteiger partial charge in [-0.15, -0.1) is 11.3 Å². The number of nitriles is 1. The third-order valence-corrected chi connectivity index (χ3v) is 4.85. The van der Waals surface area contributed by atoms with Crippen molar-refractivity contribution in [2.45, 2.75) is 6.42 Å². The molecule has 3 aromatic rings. The van der Waals surface area contributed by atoms with E-state index in [0.717, 1.165) is 11.3 Å². The fraction of sp³-hybridized carbons (Fsp3) is 0.0870. The Labute approximate surface area is 173 Å². The first-order valence-electron chi connectivity index (χ1n) is 8.94. The molecule has 144 valence electrons. The number of ether oxygens (including phenoxy) is 1. The van der Waals surface area contributed by atoms with E-state index in [1.165, 1.54) is 23.0 Å². The van der Waals surface area contributed by atoms with Crippen LogP contribution in [0.2, 0.25) is 0 Å². The molecule has 2 aromatic carbocycles. The van der Waals surface area contributed by atoms with Gasteiger partial charge >= 0.3 is 0 Å². The summed E-state index contributed by atoms with van der Waals surface area (Å²) in [5.74, 6) is 0.0685. The summed E-state index contributed by atoms with van der Waals surface area (Å²) >= 11 is 1.39. The number of nitrogens with one attached hydrogen (secondary N) is 1. The molecule has 0 atom stereocenters. The van der Waals surface area contributed by atoms with Gasteiger partial charge in [0, 0.05) is 23.1 Å². The van der Waals surface area contributed by atoms with E-state index in [2.05, 4.69) is 16.9 Å². The van der Waals surface area contributed by atoms with Gasteiger partial charge in [0.15, 0.2) is 5.13 Å². The van der Waals surface area contributed by atoms with Crippen molar-refractivity contribution in [2.24, 2.45) is 0 Å². The summed E-state index contributed by atoms with van der Waals surface area (Å²) < 4.78 is 5.58. The molecule has 5 nitrogen and oxygen atoms in total. The molecule has 0 fully saturated rings. The van der Waals surface area contributed by atoms with E-state index in [0.29, 0.717) is 23.1 Å². The van der Waals surface area contributed by atoms with E-state index >= 15 is 0 Å². The number of rotatable bonds is 8. The molecule has 1 amide bonds. The third kappa shape index (κ3) is 5.64. The normalized spacial score (nSPS) is 10.8. The SMILES string of the molecule is C=CCOc1ccccc1/C=C(/C#N)C(=O)Nc1ncc(Cc2ccccc2)s1. The zero-order valence-corrected chi connectivity index (χ0v) is 16.5. The first kappa shape index (κ1) is 20.1. The largest absolute Gasteiger partial charge is 0.489 e. The maximum absolute atomic E-state index is 12.5. The highest BCUT2D eigenvalue weighted by Crippen LogP contribution is 2.24. The number of benzene rings is 2. The molecule has 1 aromatic heterocycles. The first-order chi connectivity index (χ1) is 14.2. The second kappa shape index (κ2) is 10.0. The smallest absolute Gasteiger partial charge is 0.268 e. The van der Waals surface area contributed by atoms with Gasteiger partial charge in [0.25, 0.3) is 5.91 Å². The molecule has 0 aliphatic rings. The number of hydrogen-bond acceptors (Lipinski definition) is 5. The number of thiazole rings is 1. The van der Waals surface area contributed by atoms with Gasteiger partial charge in [-0.1, -0.05) is 61.2 Å². The molecule has 0 saturated carbocycles. The average molecular weight is 401 g/mol. The lowest BCUT2D eigenvalue weighted by molar-refractivity contribution is -0.112. The second-order valence-corrected chi connectivity index (χ2v) is 7.17. The van der Waals surface area contributed by atoms with Crippen LogP contribution in [-0.4, -0.2) is 17.5 Å². The monoisotopic (exact) mass is 401 g/mol. The van der Waals surface area contributed by atoms with Gasteiger partial charge in [-0.3, -0.25) is 10.1 Å². The summed E-state index contributed by atoms with van der Waals surface area (Å²) in [5.41, 5.74) is 1.78. The third-order valence-electron chi connectivity index (χ3n) is 3.94. The second-order valence-electron chi connectivity index (χ2n) is 6.06. The maximum atomic E-state index is 12.5. The Morgan fingerprint density at radius 1 is 1.21 bits per heavy atom. The molecule has 3 rings (SSSR count). The minimum absolute atomic E-state index is 0.0283. The molecule has 0 bridgehead atoms. The lowest BCUT2D eigenvalue weighted by Gasteiger charge is -2.07. The van der Waals surface area contributed by atoms with Crippen LogP contribution in [0.4, 0.5) is 5.13 Å². The zero-order chi connectivity index (χ0) is 20.5. The molecule has 1 N–H and O–H groups in total. The molecule has 29 heavy (non-hydrogen) atoms. The van der Waals surface area contributed by atoms with Gasteiger partial charge in [-0.05, 0) is 17.7 Å². The van der Waals surface area contributed by atoms with Gasteiger partial charge in [0.2, 0.25) is 0 Å². The highest BCUT2D eigenvalue weighted by molar-refractivity contribution is 7.15. The van der Waals surface area contributed by atoms with Crippen LogP contribution in [0.15, 0.2) is 79.0 Å². The van der Waals surface area contributed by atoms with Crippen LogP contribution in [-0.2, 0) is 11.2 Å². The van der Waals surface area contributed by atoms with Gasteiger partial charge in [0.05, 0.1) is 0 Å². The van der Waals surface area contributed by atoms with E-state index < -0.39 is 5.91 Å². The fourth-order valence-electron chi connectivity index (χ4n) is 2.59. The van der Waals surface area contributed by atoms with Crippen molar-refractivity contribution in [1.82, 2.24) is 4.98 Å². The number of aromatic nitrogens is 1. The van der Waals surface area contributed by atoms with Gasteiger partial charge in [-0.2, -0.15) is 5.26 Å². The van der Waals surface area contributed by atoms with Crippen molar-refractivity contribution in [2.75, 3.05) is 11.9 Å². The molecular weight excluding hydrogens is 382 g/mol. The van der Waals surface area contributed by atoms with Crippen molar-refractivity contribution in [3.05, 3.63) is 95.0 Å². The number of anilines is 1. The van der Waals surface area contributed by atoms with Crippen molar-refractivity contribution in [1.29, 1.82) is 5.26 Å². The van der Waals surface area contributed by atoms with E-state index in [1.807, 2.05) is 48.5 Å². The lowest BCUT2D eigenvalue weighted by Crippen LogP contribution is -2.13. The van der Waals surface area contributed by atoms with E-state index in [9.17, 15) is 10.1 Å². The number of hydrogen-bond donors (Lipinski definition) is 1. The topological polar surface area (TPSA) is 75.0 Å². The summed E-state index contributed by atoms with van der Waals surface area (Å²) in [6.45, 7) is 3.96. The molecule has 1 heterocycles. The first-order valence-corrected chi connectivity index (χ1v) is 9.75. The predicted octanol–water partition coefficient (Wildman–Crippen LogP) is 4.84. The minimum Gasteiger partial charge on any atom is -0.489 e. The van der Waals surface area contributed by atoms with Gasteiger partial charge in [0.1, 0.15) is 24.0 Å². The Balaban J connectivity index is 1.72. The Morgan fingerprint density at radius 2 is 1.97 bits per heavy atom. The summed E-state index contributed by atoms with van der Waals surface area (Å²) in [7, 11) is 0. The van der Waals surface area contributed by atoms with Crippen molar-refractivity contribution >= 4 is 28.5 Å². The van der Waals surface area contributed by atoms with Crippen LogP contribution in [0.3, 0.4) is 0 Å². The Bertz CT molecular complexity index is 1060. The van der Waals surface area contributed by atoms with Gasteiger partial charge in [-0.25, -0.2) is 4.98 Å². The molecule has 6 heteroatoms. The van der Waals surface area contributed by atoms with E-state index in [1.54, 1.807) is 24.4 Å². The van der Waals surface area contributed by atoms with Gasteiger partial charge < -0.3 is 4.74 Å². The Kier molecular flexibility index (Phi) is 6.93. The number of amides is 1. The molecule has 0 unspecified atom stereocenters. The fourth-order valence-corrected chi connectivity index (χ4v) is 3.43. The summed E-state index contributed by atoms with van der Waals surface area (Å²) in [5, 5.41) is 12.6. The van der Waals surface area contributed by atoms with Crippen LogP contribution < -0.4 is 10.1 Å². The van der Waals surface area contributed by atoms with Crippen LogP contribution in [0.1, 0.15) is 16.0 Å². The van der Waals surface area contributed by atoms with Crippen molar-refractivity contribution in [3.63, 3.8) is 0 Å². The Hall–Kier alpha value is -3.69. The quantitative estimate of drug-likeness (QED) is 0.333. The summed E-state index contributed by atoms with van der Waals surface area (Å²) in [6, 6.07) is 19.2. The van der Waals surface area contributed by atoms with Crippen molar-refractivity contribution < 1.29 is 9.53 Å². The van der Waals surface area contributed by atoms with E-state index in [-0.39, 0.29) is 5.57 Å². The molecule has 0 aliphatic heterocycles. The Morgan fingerprint density at radius 3 is 2.72 bits per heavy atom. The molecule has 0 spiro atoms. The molecule has 0 aliphatic carbocycles.